The second kappa shape index (κ2) is 21.5. The molecular weight excluding hydrogens is 948 g/mol. The molecule has 72 heavy (non-hydrogen) atoms. The zero-order valence-corrected chi connectivity index (χ0v) is 41.7. The van der Waals surface area contributed by atoms with Gasteiger partial charge in [0.05, 0.1) is 36.3 Å². The number of hydrogen-bond acceptors (Lipinski definition) is 10. The van der Waals surface area contributed by atoms with E-state index in [1.54, 1.807) is 17.0 Å². The van der Waals surface area contributed by atoms with E-state index in [0.29, 0.717) is 57.0 Å². The number of carbonyl (C=O) groups is 5. The van der Waals surface area contributed by atoms with Crippen LogP contribution < -0.4 is 30.2 Å². The molecule has 382 valence electrons. The van der Waals surface area contributed by atoms with E-state index in [0.717, 1.165) is 68.2 Å². The lowest BCUT2D eigenvalue weighted by Gasteiger charge is -2.39. The lowest BCUT2D eigenvalue weighted by Crippen LogP contribution is -2.49. The molecule has 9 rings (SSSR count). The minimum absolute atomic E-state index is 0.0138. The van der Waals surface area contributed by atoms with Crippen molar-refractivity contribution in [3.8, 4) is 28.4 Å². The number of amides is 4. The molecule has 3 N–H and O–H groups in total. The predicted molar refractivity (Wildman–Crippen MR) is 266 cm³/mol. The number of Topliss-reactive ketones (excluding diaryl/α,β-unsaturated/α-hetero) is 1. The molecule has 2 atom stereocenters. The number of halogens is 3. The smallest absolute Gasteiger partial charge is 0.260 e. The maximum absolute atomic E-state index is 16.2. The van der Waals surface area contributed by atoms with Gasteiger partial charge in [-0.05, 0) is 99.7 Å². The summed E-state index contributed by atoms with van der Waals surface area (Å²) in [5.41, 5.74) is 7.04. The van der Waals surface area contributed by atoms with Crippen LogP contribution in [-0.2, 0) is 29.5 Å². The number of aryl methyl sites for hydroxylation is 1. The molecule has 0 aromatic heterocycles. The Bertz CT molecular complexity index is 2720. The van der Waals surface area contributed by atoms with E-state index in [1.807, 2.05) is 60.0 Å². The van der Waals surface area contributed by atoms with Gasteiger partial charge in [-0.25, -0.2) is 8.78 Å². The topological polar surface area (TPSA) is 170 Å². The highest BCUT2D eigenvalue weighted by Crippen LogP contribution is 2.56. The molecule has 5 aliphatic rings. The van der Waals surface area contributed by atoms with Crippen LogP contribution >= 0.6 is 11.6 Å². The summed E-state index contributed by atoms with van der Waals surface area (Å²) in [7, 11) is 1.29. The summed E-state index contributed by atoms with van der Waals surface area (Å²) in [6, 6.07) is 18.8. The molecule has 17 heteroatoms. The minimum Gasteiger partial charge on any atom is -0.494 e. The first-order valence-electron chi connectivity index (χ1n) is 25.1. The number of hydrogen-bond donors (Lipinski definition) is 2. The lowest BCUT2D eigenvalue weighted by atomic mass is 9.77. The van der Waals surface area contributed by atoms with Crippen molar-refractivity contribution in [1.29, 1.82) is 0 Å². The Balaban J connectivity index is 0.743. The largest absolute Gasteiger partial charge is 0.494 e. The Morgan fingerprint density at radius 2 is 1.54 bits per heavy atom. The lowest BCUT2D eigenvalue weighted by molar-refractivity contribution is -0.141. The maximum Gasteiger partial charge on any atom is 0.260 e. The number of benzene rings is 4. The molecule has 4 aromatic rings. The summed E-state index contributed by atoms with van der Waals surface area (Å²) in [5, 5.41) is 3.37. The van der Waals surface area contributed by atoms with Gasteiger partial charge < -0.3 is 44.7 Å². The number of ether oxygens (including phenoxy) is 4. The number of fused-ring (bicyclic) bond motifs is 1. The molecule has 1 saturated carbocycles. The second-order valence-electron chi connectivity index (χ2n) is 19.8. The van der Waals surface area contributed by atoms with Crippen molar-refractivity contribution in [2.45, 2.75) is 108 Å². The highest BCUT2D eigenvalue weighted by molar-refractivity contribution is 6.34. The van der Waals surface area contributed by atoms with E-state index >= 15 is 8.78 Å². The van der Waals surface area contributed by atoms with Crippen molar-refractivity contribution in [2.75, 3.05) is 57.9 Å². The summed E-state index contributed by atoms with van der Waals surface area (Å²) in [5.74, 6) is -2.87. The average molecular weight is 1010 g/mol. The van der Waals surface area contributed by atoms with Crippen LogP contribution in [0.4, 0.5) is 14.5 Å². The number of rotatable bonds is 14. The highest BCUT2D eigenvalue weighted by atomic mass is 35.5. The van der Waals surface area contributed by atoms with Gasteiger partial charge in [0.2, 0.25) is 17.7 Å². The van der Waals surface area contributed by atoms with Gasteiger partial charge in [-0.2, -0.15) is 0 Å². The first-order valence-corrected chi connectivity index (χ1v) is 25.5. The number of carbonyl (C=O) groups excluding carboxylic acids is 5. The van der Waals surface area contributed by atoms with Gasteiger partial charge in [0, 0.05) is 92.0 Å². The van der Waals surface area contributed by atoms with E-state index in [-0.39, 0.29) is 93.9 Å². The van der Waals surface area contributed by atoms with Crippen LogP contribution in [0.1, 0.15) is 104 Å². The molecule has 4 fully saturated rings. The maximum atomic E-state index is 16.2. The fraction of sp³-hybridized carbons (Fsp3) is 0.473. The van der Waals surface area contributed by atoms with Crippen LogP contribution in [0, 0.1) is 24.5 Å². The Morgan fingerprint density at radius 1 is 0.861 bits per heavy atom. The Morgan fingerprint density at radius 3 is 2.18 bits per heavy atom. The van der Waals surface area contributed by atoms with E-state index in [1.165, 1.54) is 25.3 Å². The fourth-order valence-corrected chi connectivity index (χ4v) is 11.7. The van der Waals surface area contributed by atoms with Crippen LogP contribution in [0.3, 0.4) is 0 Å². The molecule has 3 saturated heterocycles. The van der Waals surface area contributed by atoms with Gasteiger partial charge in [0.25, 0.3) is 5.91 Å². The number of primary amides is 1. The van der Waals surface area contributed by atoms with Crippen LogP contribution in [-0.4, -0.2) is 110 Å². The van der Waals surface area contributed by atoms with Crippen LogP contribution in [0.5, 0.6) is 17.2 Å². The molecule has 1 aliphatic carbocycles. The molecular formula is C55H62ClF2N5O9. The van der Waals surface area contributed by atoms with Crippen molar-refractivity contribution in [3.63, 3.8) is 0 Å². The molecule has 0 unspecified atom stereocenters. The molecule has 0 bridgehead atoms. The van der Waals surface area contributed by atoms with Crippen LogP contribution in [0.15, 0.2) is 66.7 Å². The van der Waals surface area contributed by atoms with E-state index in [9.17, 15) is 24.0 Å². The minimum atomic E-state index is -1.08. The normalized spacial score (nSPS) is 22.9. The summed E-state index contributed by atoms with van der Waals surface area (Å²) >= 11 is 6.69. The van der Waals surface area contributed by atoms with Gasteiger partial charge in [0.15, 0.2) is 23.8 Å². The number of nitrogens with zero attached hydrogens (tertiary/aromatic N) is 3. The van der Waals surface area contributed by atoms with Crippen molar-refractivity contribution in [2.24, 2.45) is 11.7 Å². The zero-order valence-electron chi connectivity index (χ0n) is 41.0. The summed E-state index contributed by atoms with van der Waals surface area (Å²) in [6.07, 6.45) is 6.26. The zero-order chi connectivity index (χ0) is 50.8. The molecule has 4 amide bonds. The van der Waals surface area contributed by atoms with Crippen LogP contribution in [0.25, 0.3) is 11.1 Å². The third kappa shape index (κ3) is 10.3. The Hall–Kier alpha value is -6.10. The Kier molecular flexibility index (Phi) is 15.2. The molecule has 4 heterocycles. The molecule has 0 radical (unpaired) electrons. The van der Waals surface area contributed by atoms with Crippen molar-refractivity contribution >= 4 is 46.7 Å². The Labute approximate surface area is 423 Å². The van der Waals surface area contributed by atoms with E-state index < -0.39 is 29.1 Å². The number of nitrogens with two attached hydrogens (primary N) is 1. The molecule has 4 aliphatic heterocycles. The standard InChI is InChI=1S/C55H62ClF2N5O9/c1-32-27-40(13-15-43(32)63-26-17-37(64)28-46(63)65)70-30-47(66)61-22-18-38(19-23-61)71-39-20-24-62(25-21-39)54(68)34-9-11-36(12-10-34)60-31-55(35-7-5-4-6-8-35)33(2)48-45(72-55)29-42(57)51(56)50(48)49-41(53(59)67)14-16-44(69-3)52(49)58/h4-8,13-16,27,29,33-34,36,38-39,60H,9-12,17-26,28,30-31H2,1-3H3,(H2,59,67)/t33-,34?,36?,55-/m0/s1. The SMILES string of the molecule is COc1ccc(C(N)=O)c(-c2c(Cl)c(F)cc3c2[C@H](C)[C@@](CNC2CCC(C(=O)N4CCC(OC5CCN(C(=O)COc6ccc(N7CCC(=O)CC7=O)c(C)c6)CC5)CC4)CC2)(c2ccccc2)O3)c1F. The van der Waals surface area contributed by atoms with Gasteiger partial charge in [-0.3, -0.25) is 24.0 Å². The first kappa shape index (κ1) is 50.8. The third-order valence-corrected chi connectivity index (χ3v) is 15.9. The van der Waals surface area contributed by atoms with Gasteiger partial charge >= 0.3 is 0 Å². The highest BCUT2D eigenvalue weighted by Gasteiger charge is 2.50. The average Bonchev–Trinajstić information content (AvgIpc) is 3.66. The van der Waals surface area contributed by atoms with Gasteiger partial charge in [0.1, 0.15) is 23.1 Å². The van der Waals surface area contributed by atoms with Crippen molar-refractivity contribution in [1.82, 2.24) is 15.1 Å². The van der Waals surface area contributed by atoms with Crippen molar-refractivity contribution < 1.29 is 51.7 Å². The second-order valence-corrected chi connectivity index (χ2v) is 20.2. The quantitative estimate of drug-likeness (QED) is 0.118. The summed E-state index contributed by atoms with van der Waals surface area (Å²) in [4.78, 5) is 69.2. The predicted octanol–water partition coefficient (Wildman–Crippen LogP) is 8.01. The number of ketones is 1. The van der Waals surface area contributed by atoms with Gasteiger partial charge in [-0.15, -0.1) is 0 Å². The molecule has 14 nitrogen and oxygen atoms in total. The van der Waals surface area contributed by atoms with Gasteiger partial charge in [-0.1, -0.05) is 48.9 Å². The number of methoxy groups -OCH3 is 1. The number of nitrogens with one attached hydrogen (secondary N) is 1. The number of anilines is 1. The number of likely N-dealkylation sites (tertiary alicyclic amines) is 2. The fourth-order valence-electron chi connectivity index (χ4n) is 11.4. The summed E-state index contributed by atoms with van der Waals surface area (Å²) < 4.78 is 56.4. The van der Waals surface area contributed by atoms with E-state index in [2.05, 4.69) is 5.32 Å². The third-order valence-electron chi connectivity index (χ3n) is 15.5. The van der Waals surface area contributed by atoms with Crippen LogP contribution in [0.2, 0.25) is 5.02 Å². The number of piperidine rings is 3. The molecule has 4 aromatic carbocycles. The van der Waals surface area contributed by atoms with Crippen molar-refractivity contribution in [3.05, 3.63) is 106 Å². The summed E-state index contributed by atoms with van der Waals surface area (Å²) in [6.45, 7) is 6.79. The van der Waals surface area contributed by atoms with E-state index in [4.69, 9.17) is 36.3 Å². The first-order chi connectivity index (χ1) is 34.6. The molecule has 0 spiro atoms. The monoisotopic (exact) mass is 1010 g/mol.